The lowest BCUT2D eigenvalue weighted by Gasteiger charge is -2.27. The van der Waals surface area contributed by atoms with Gasteiger partial charge in [-0.2, -0.15) is 0 Å². The van der Waals surface area contributed by atoms with E-state index in [-0.39, 0.29) is 17.0 Å². The number of ether oxygens (including phenoxy) is 1. The van der Waals surface area contributed by atoms with Gasteiger partial charge in [0.05, 0.1) is 18.0 Å². The summed E-state index contributed by atoms with van der Waals surface area (Å²) in [6.45, 7) is 12.0. The molecule has 0 bridgehead atoms. The highest BCUT2D eigenvalue weighted by atomic mass is 19.1. The fourth-order valence-corrected chi connectivity index (χ4v) is 4.36. The Morgan fingerprint density at radius 1 is 1.29 bits per heavy atom. The van der Waals surface area contributed by atoms with Crippen LogP contribution in [0.5, 0.6) is 5.75 Å². The summed E-state index contributed by atoms with van der Waals surface area (Å²) in [5, 5.41) is 12.4. The van der Waals surface area contributed by atoms with Crippen molar-refractivity contribution in [2.75, 3.05) is 38.7 Å². The molecule has 4 rings (SSSR count). The van der Waals surface area contributed by atoms with Crippen molar-refractivity contribution in [3.05, 3.63) is 46.5 Å². The predicted octanol–water partition coefficient (Wildman–Crippen LogP) is 5.23. The van der Waals surface area contributed by atoms with E-state index in [1.807, 2.05) is 31.9 Å². The number of fused-ring (bicyclic) bond motifs is 1. The first-order valence-corrected chi connectivity index (χ1v) is 12.5. The van der Waals surface area contributed by atoms with Gasteiger partial charge in [-0.15, -0.1) is 6.58 Å². The van der Waals surface area contributed by atoms with Crippen molar-refractivity contribution in [1.82, 2.24) is 9.88 Å². The van der Waals surface area contributed by atoms with Gasteiger partial charge in [0.1, 0.15) is 11.3 Å². The van der Waals surface area contributed by atoms with Crippen molar-refractivity contribution in [3.63, 3.8) is 0 Å². The molecule has 1 saturated carbocycles. The lowest BCUT2D eigenvalue weighted by molar-refractivity contribution is 0.0694. The van der Waals surface area contributed by atoms with Crippen LogP contribution in [0.2, 0.25) is 0 Å². The molecule has 2 aliphatic rings. The number of aromatic nitrogens is 1. The normalized spacial score (nSPS) is 17.4. The molecule has 2 N–H and O–H groups in total. The Morgan fingerprint density at radius 3 is 2.49 bits per heavy atom. The second kappa shape index (κ2) is 13.3. The van der Waals surface area contributed by atoms with Gasteiger partial charge in [0.2, 0.25) is 5.43 Å². The first-order valence-electron chi connectivity index (χ1n) is 12.5. The second-order valence-electron chi connectivity index (χ2n) is 8.82. The highest BCUT2D eigenvalue weighted by molar-refractivity contribution is 5.97. The van der Waals surface area contributed by atoms with Gasteiger partial charge in [-0.25, -0.2) is 9.18 Å². The first-order chi connectivity index (χ1) is 16.8. The fourth-order valence-electron chi connectivity index (χ4n) is 4.36. The molecule has 0 radical (unpaired) electrons. The van der Waals surface area contributed by atoms with Crippen LogP contribution in [0.15, 0.2) is 29.7 Å². The topological polar surface area (TPSA) is 83.8 Å². The summed E-state index contributed by atoms with van der Waals surface area (Å²) in [5.74, 6) is -0.931. The largest absolute Gasteiger partial charge is 0.492 e. The number of rotatable bonds is 6. The number of carboxylic acid groups (broad SMARTS) is 1. The Morgan fingerprint density at radius 2 is 1.97 bits per heavy atom. The average Bonchev–Trinajstić information content (AvgIpc) is 3.70. The maximum Gasteiger partial charge on any atom is 0.341 e. The number of likely N-dealkylation sites (N-methyl/N-ethyl adjacent to an activating group) is 1. The standard InChI is InChI=1S/C21H25FN2O4.C4H9N.C2H6/c1-12-4-3-8-23(9-7-12)18-16(22)10-14-17(20(18)28-2)24(13-5-6-13)11-15(19(14)25)21(26)27;1-3-4-5-2;1-2/h10-13H,3-9H2,1-2H3,(H,26,27);3,5H,1,4H2,2H3;1-2H3. The zero-order valence-electron chi connectivity index (χ0n) is 21.7. The molecule has 0 spiro atoms. The number of halogens is 1. The number of benzene rings is 1. The summed E-state index contributed by atoms with van der Waals surface area (Å²) in [4.78, 5) is 26.3. The molecule has 1 unspecified atom stereocenters. The lowest BCUT2D eigenvalue weighted by atomic mass is 10.0. The van der Waals surface area contributed by atoms with Crippen LogP contribution >= 0.6 is 0 Å². The molecule has 2 fully saturated rings. The second-order valence-corrected chi connectivity index (χ2v) is 8.82. The average molecular weight is 490 g/mol. The van der Waals surface area contributed by atoms with E-state index in [1.165, 1.54) is 19.4 Å². The minimum atomic E-state index is -1.30. The number of pyridine rings is 1. The molecule has 1 aromatic heterocycles. The zero-order valence-corrected chi connectivity index (χ0v) is 21.7. The van der Waals surface area contributed by atoms with E-state index >= 15 is 4.39 Å². The quantitative estimate of drug-likeness (QED) is 0.541. The molecule has 8 heteroatoms. The number of carboxylic acids is 1. The summed E-state index contributed by atoms with van der Waals surface area (Å²) in [6.07, 6.45) is 8.04. The summed E-state index contributed by atoms with van der Waals surface area (Å²) in [7, 11) is 3.37. The van der Waals surface area contributed by atoms with Gasteiger partial charge < -0.3 is 24.6 Å². The highest BCUT2D eigenvalue weighted by Gasteiger charge is 2.31. The van der Waals surface area contributed by atoms with Crippen molar-refractivity contribution in [3.8, 4) is 5.75 Å². The van der Waals surface area contributed by atoms with Crippen LogP contribution in [0, 0.1) is 11.7 Å². The third kappa shape index (κ3) is 6.63. The van der Waals surface area contributed by atoms with Gasteiger partial charge in [0.15, 0.2) is 11.6 Å². The van der Waals surface area contributed by atoms with Crippen LogP contribution in [-0.2, 0) is 0 Å². The molecular formula is C27H40FN3O4. The van der Waals surface area contributed by atoms with E-state index in [9.17, 15) is 14.7 Å². The number of carbonyl (C=O) groups is 1. The van der Waals surface area contributed by atoms with E-state index in [4.69, 9.17) is 4.74 Å². The molecule has 194 valence electrons. The number of nitrogens with zero attached hydrogens (tertiary/aromatic N) is 2. The summed E-state index contributed by atoms with van der Waals surface area (Å²) in [6, 6.07) is 1.30. The van der Waals surface area contributed by atoms with Gasteiger partial charge in [0, 0.05) is 31.9 Å². The SMILES string of the molecule is C=CCNC.CC.COc1c(N2CCCC(C)CC2)c(F)cc2c(=O)c(C(=O)O)cn(C3CC3)c12. The highest BCUT2D eigenvalue weighted by Crippen LogP contribution is 2.44. The molecule has 1 atom stereocenters. The smallest absolute Gasteiger partial charge is 0.341 e. The number of anilines is 1. The number of methoxy groups -OCH3 is 1. The number of aromatic carboxylic acids is 1. The molecule has 35 heavy (non-hydrogen) atoms. The van der Waals surface area contributed by atoms with Crippen molar-refractivity contribution in [1.29, 1.82) is 0 Å². The molecule has 7 nitrogen and oxygen atoms in total. The molecule has 1 saturated heterocycles. The maximum atomic E-state index is 15.2. The third-order valence-electron chi connectivity index (χ3n) is 6.25. The molecule has 1 aliphatic heterocycles. The molecule has 1 aliphatic carbocycles. The van der Waals surface area contributed by atoms with Crippen LogP contribution in [0.1, 0.15) is 69.3 Å². The van der Waals surface area contributed by atoms with Gasteiger partial charge in [-0.1, -0.05) is 26.8 Å². The van der Waals surface area contributed by atoms with Gasteiger partial charge >= 0.3 is 5.97 Å². The van der Waals surface area contributed by atoms with Gasteiger partial charge in [0.25, 0.3) is 0 Å². The Balaban J connectivity index is 0.000000551. The Kier molecular flexibility index (Phi) is 10.8. The predicted molar refractivity (Wildman–Crippen MR) is 141 cm³/mol. The Hall–Kier alpha value is -2.87. The van der Waals surface area contributed by atoms with Crippen molar-refractivity contribution in [2.45, 2.75) is 58.9 Å². The van der Waals surface area contributed by atoms with Crippen LogP contribution in [0.4, 0.5) is 10.1 Å². The number of hydrogen-bond donors (Lipinski definition) is 2. The molecule has 2 heterocycles. The minimum Gasteiger partial charge on any atom is -0.492 e. The summed E-state index contributed by atoms with van der Waals surface area (Å²) < 4.78 is 22.7. The maximum absolute atomic E-state index is 15.2. The monoisotopic (exact) mass is 489 g/mol. The van der Waals surface area contributed by atoms with Gasteiger partial charge in [-0.3, -0.25) is 4.79 Å². The van der Waals surface area contributed by atoms with Crippen LogP contribution < -0.4 is 20.4 Å². The molecule has 2 aromatic rings. The van der Waals surface area contributed by atoms with Crippen LogP contribution in [-0.4, -0.2) is 49.4 Å². The van der Waals surface area contributed by atoms with E-state index in [0.29, 0.717) is 22.9 Å². The molecule has 0 amide bonds. The number of hydrogen-bond acceptors (Lipinski definition) is 5. The Labute approximate surface area is 207 Å². The number of nitrogens with one attached hydrogen (secondary N) is 1. The van der Waals surface area contributed by atoms with E-state index in [0.717, 1.165) is 51.7 Å². The van der Waals surface area contributed by atoms with Crippen LogP contribution in [0.25, 0.3) is 10.9 Å². The zero-order chi connectivity index (χ0) is 26.1. The van der Waals surface area contributed by atoms with Crippen molar-refractivity contribution < 1.29 is 19.0 Å². The van der Waals surface area contributed by atoms with Crippen molar-refractivity contribution in [2.24, 2.45) is 5.92 Å². The Bertz CT molecular complexity index is 1080. The van der Waals surface area contributed by atoms with Gasteiger partial charge in [-0.05, 0) is 51.1 Å². The fraction of sp³-hybridized carbons (Fsp3) is 0.556. The van der Waals surface area contributed by atoms with E-state index in [1.54, 1.807) is 4.57 Å². The van der Waals surface area contributed by atoms with Crippen molar-refractivity contribution >= 4 is 22.6 Å². The van der Waals surface area contributed by atoms with Crippen LogP contribution in [0.3, 0.4) is 0 Å². The summed E-state index contributed by atoms with van der Waals surface area (Å²) in [5.41, 5.74) is -0.139. The molecular weight excluding hydrogens is 449 g/mol. The minimum absolute atomic E-state index is 0.0630. The van der Waals surface area contributed by atoms with E-state index < -0.39 is 17.2 Å². The third-order valence-corrected chi connectivity index (χ3v) is 6.25. The lowest BCUT2D eigenvalue weighted by Crippen LogP contribution is -2.27. The molecule has 1 aromatic carbocycles. The summed E-state index contributed by atoms with van der Waals surface area (Å²) >= 11 is 0. The van der Waals surface area contributed by atoms with E-state index in [2.05, 4.69) is 18.8 Å². The first kappa shape index (κ1) is 28.4.